The van der Waals surface area contributed by atoms with Crippen molar-refractivity contribution >= 4 is 5.97 Å². The van der Waals surface area contributed by atoms with Crippen molar-refractivity contribution in [3.05, 3.63) is 28.3 Å². The van der Waals surface area contributed by atoms with Gasteiger partial charge < -0.3 is 10.2 Å². The third-order valence-electron chi connectivity index (χ3n) is 5.37. The Balaban J connectivity index is 3.37. The first-order chi connectivity index (χ1) is 12.7. The number of carboxylic acid groups (broad SMARTS) is 1. The SMILES string of the molecule is CC(C)CCCCCc1c(CCC(=O)O)cc(C(C)(C)C)c(O)c1C(C)(C)C. The number of aromatic hydroxyl groups is 1. The van der Waals surface area contributed by atoms with Gasteiger partial charge in [0.2, 0.25) is 0 Å². The highest BCUT2D eigenvalue weighted by atomic mass is 16.4. The zero-order valence-corrected chi connectivity index (χ0v) is 19.4. The Labute approximate surface area is 172 Å². The second-order valence-electron chi connectivity index (χ2n) is 10.7. The van der Waals surface area contributed by atoms with Gasteiger partial charge in [0.05, 0.1) is 0 Å². The summed E-state index contributed by atoms with van der Waals surface area (Å²) in [4.78, 5) is 11.2. The van der Waals surface area contributed by atoms with E-state index in [1.807, 2.05) is 0 Å². The van der Waals surface area contributed by atoms with Gasteiger partial charge in [-0.3, -0.25) is 4.79 Å². The van der Waals surface area contributed by atoms with Gasteiger partial charge in [0.1, 0.15) is 5.75 Å². The standard InChI is InChI=1S/C25H42O3/c1-17(2)12-10-9-11-13-19-18(14-15-21(26)27)16-20(24(3,4)5)23(28)22(19)25(6,7)8/h16-17,28H,9-15H2,1-8H3,(H,26,27). The topological polar surface area (TPSA) is 57.5 Å². The Kier molecular flexibility index (Phi) is 8.59. The number of carbonyl (C=O) groups is 1. The molecule has 28 heavy (non-hydrogen) atoms. The average molecular weight is 391 g/mol. The fourth-order valence-corrected chi connectivity index (χ4v) is 3.93. The molecular weight excluding hydrogens is 348 g/mol. The van der Waals surface area contributed by atoms with E-state index in [1.165, 1.54) is 24.8 Å². The number of rotatable bonds is 9. The highest BCUT2D eigenvalue weighted by molar-refractivity contribution is 5.67. The first kappa shape index (κ1) is 24.5. The zero-order valence-electron chi connectivity index (χ0n) is 19.4. The quantitative estimate of drug-likeness (QED) is 0.458. The molecule has 0 amide bonds. The lowest BCUT2D eigenvalue weighted by molar-refractivity contribution is -0.136. The highest BCUT2D eigenvalue weighted by Gasteiger charge is 2.30. The lowest BCUT2D eigenvalue weighted by Gasteiger charge is -2.31. The van der Waals surface area contributed by atoms with Crippen molar-refractivity contribution in [2.45, 2.75) is 111 Å². The van der Waals surface area contributed by atoms with Crippen molar-refractivity contribution < 1.29 is 15.0 Å². The van der Waals surface area contributed by atoms with Gasteiger partial charge in [-0.25, -0.2) is 0 Å². The normalized spacial score (nSPS) is 12.6. The van der Waals surface area contributed by atoms with E-state index in [4.69, 9.17) is 0 Å². The lowest BCUT2D eigenvalue weighted by atomic mass is 9.74. The monoisotopic (exact) mass is 390 g/mol. The number of phenols is 1. The molecule has 0 saturated carbocycles. The molecule has 0 heterocycles. The summed E-state index contributed by atoms with van der Waals surface area (Å²) in [5, 5.41) is 20.4. The molecular formula is C25H42O3. The van der Waals surface area contributed by atoms with Gasteiger partial charge in [-0.1, -0.05) is 80.7 Å². The molecule has 2 N–H and O–H groups in total. The Hall–Kier alpha value is -1.51. The van der Waals surface area contributed by atoms with Crippen LogP contribution in [0.15, 0.2) is 6.07 Å². The molecule has 1 rings (SSSR count). The molecule has 0 unspecified atom stereocenters. The van der Waals surface area contributed by atoms with Crippen LogP contribution in [0.1, 0.15) is 110 Å². The first-order valence-electron chi connectivity index (χ1n) is 10.9. The fraction of sp³-hybridized carbons (Fsp3) is 0.720. The molecule has 0 saturated heterocycles. The number of carboxylic acids is 1. The van der Waals surface area contributed by atoms with Crippen LogP contribution in [0.25, 0.3) is 0 Å². The van der Waals surface area contributed by atoms with Crippen molar-refractivity contribution in [3.8, 4) is 5.75 Å². The van der Waals surface area contributed by atoms with Crippen molar-refractivity contribution in [2.24, 2.45) is 5.92 Å². The van der Waals surface area contributed by atoms with Crippen LogP contribution >= 0.6 is 0 Å². The number of hydrogen-bond donors (Lipinski definition) is 2. The summed E-state index contributed by atoms with van der Waals surface area (Å²) in [6.07, 6.45) is 6.25. The van der Waals surface area contributed by atoms with E-state index in [0.29, 0.717) is 12.2 Å². The molecule has 0 aliphatic carbocycles. The van der Waals surface area contributed by atoms with Crippen LogP contribution in [0.2, 0.25) is 0 Å². The Morgan fingerprint density at radius 1 is 0.964 bits per heavy atom. The summed E-state index contributed by atoms with van der Waals surface area (Å²) in [5.74, 6) is 0.355. The minimum Gasteiger partial charge on any atom is -0.507 e. The number of benzene rings is 1. The van der Waals surface area contributed by atoms with E-state index in [1.54, 1.807) is 0 Å². The molecule has 1 aromatic carbocycles. The smallest absolute Gasteiger partial charge is 0.303 e. The van der Waals surface area contributed by atoms with Crippen LogP contribution in [0.4, 0.5) is 0 Å². The lowest BCUT2D eigenvalue weighted by Crippen LogP contribution is -2.21. The van der Waals surface area contributed by atoms with E-state index in [9.17, 15) is 15.0 Å². The summed E-state index contributed by atoms with van der Waals surface area (Å²) in [5.41, 5.74) is 3.79. The summed E-state index contributed by atoms with van der Waals surface area (Å²) >= 11 is 0. The predicted molar refractivity (Wildman–Crippen MR) is 118 cm³/mol. The molecule has 0 bridgehead atoms. The number of aryl methyl sites for hydroxylation is 1. The maximum atomic E-state index is 11.2. The van der Waals surface area contributed by atoms with Crippen molar-refractivity contribution in [2.75, 3.05) is 0 Å². The van der Waals surface area contributed by atoms with Gasteiger partial charge in [0.15, 0.2) is 0 Å². The van der Waals surface area contributed by atoms with Crippen LogP contribution in [0, 0.1) is 5.92 Å². The van der Waals surface area contributed by atoms with Gasteiger partial charge in [0, 0.05) is 12.0 Å². The highest BCUT2D eigenvalue weighted by Crippen LogP contribution is 2.43. The summed E-state index contributed by atoms with van der Waals surface area (Å²) in [6.45, 7) is 17.2. The average Bonchev–Trinajstić information content (AvgIpc) is 2.50. The Bertz CT molecular complexity index is 658. The molecule has 0 aliphatic rings. The van der Waals surface area contributed by atoms with E-state index in [2.05, 4.69) is 61.5 Å². The van der Waals surface area contributed by atoms with Crippen LogP contribution in [-0.2, 0) is 28.5 Å². The summed E-state index contributed by atoms with van der Waals surface area (Å²) < 4.78 is 0. The van der Waals surface area contributed by atoms with Crippen LogP contribution in [0.5, 0.6) is 5.75 Å². The first-order valence-corrected chi connectivity index (χ1v) is 10.9. The van der Waals surface area contributed by atoms with Crippen LogP contribution in [0.3, 0.4) is 0 Å². The number of aliphatic carboxylic acids is 1. The number of hydrogen-bond acceptors (Lipinski definition) is 2. The Morgan fingerprint density at radius 3 is 2.04 bits per heavy atom. The largest absolute Gasteiger partial charge is 0.507 e. The molecule has 0 atom stereocenters. The van der Waals surface area contributed by atoms with Gasteiger partial charge in [0.25, 0.3) is 0 Å². The molecule has 160 valence electrons. The molecule has 0 fully saturated rings. The maximum absolute atomic E-state index is 11.2. The van der Waals surface area contributed by atoms with E-state index in [0.717, 1.165) is 35.4 Å². The van der Waals surface area contributed by atoms with Gasteiger partial charge in [-0.15, -0.1) is 0 Å². The molecule has 3 heteroatoms. The van der Waals surface area contributed by atoms with E-state index < -0.39 is 5.97 Å². The predicted octanol–water partition coefficient (Wildman–Crippen LogP) is 6.76. The number of phenolic OH excluding ortho intramolecular Hbond substituents is 1. The van der Waals surface area contributed by atoms with Crippen LogP contribution in [-0.4, -0.2) is 16.2 Å². The maximum Gasteiger partial charge on any atom is 0.303 e. The zero-order chi connectivity index (χ0) is 21.7. The molecule has 1 aromatic rings. The second kappa shape index (κ2) is 9.80. The van der Waals surface area contributed by atoms with Crippen LogP contribution < -0.4 is 0 Å². The van der Waals surface area contributed by atoms with Gasteiger partial charge in [-0.05, 0) is 52.7 Å². The molecule has 3 nitrogen and oxygen atoms in total. The Morgan fingerprint density at radius 2 is 1.57 bits per heavy atom. The van der Waals surface area contributed by atoms with Crippen molar-refractivity contribution in [1.82, 2.24) is 0 Å². The van der Waals surface area contributed by atoms with E-state index in [-0.39, 0.29) is 17.3 Å². The molecule has 0 aromatic heterocycles. The molecule has 0 radical (unpaired) electrons. The molecule has 0 spiro atoms. The third-order valence-corrected chi connectivity index (χ3v) is 5.37. The fourth-order valence-electron chi connectivity index (χ4n) is 3.93. The third kappa shape index (κ3) is 7.14. The summed E-state index contributed by atoms with van der Waals surface area (Å²) in [6, 6.07) is 2.07. The minimum atomic E-state index is -0.773. The molecule has 0 aliphatic heterocycles. The van der Waals surface area contributed by atoms with Crippen molar-refractivity contribution in [3.63, 3.8) is 0 Å². The van der Waals surface area contributed by atoms with Gasteiger partial charge in [-0.2, -0.15) is 0 Å². The van der Waals surface area contributed by atoms with Crippen molar-refractivity contribution in [1.29, 1.82) is 0 Å². The van der Waals surface area contributed by atoms with E-state index >= 15 is 0 Å². The minimum absolute atomic E-state index is 0.123. The number of unbranched alkanes of at least 4 members (excludes halogenated alkanes) is 2. The summed E-state index contributed by atoms with van der Waals surface area (Å²) in [7, 11) is 0. The second-order valence-corrected chi connectivity index (χ2v) is 10.7. The van der Waals surface area contributed by atoms with Gasteiger partial charge >= 0.3 is 5.97 Å².